The summed E-state index contributed by atoms with van der Waals surface area (Å²) in [6.07, 6.45) is 2.19. The maximum absolute atomic E-state index is 15.0. The Morgan fingerprint density at radius 3 is 2.29 bits per heavy atom. The third-order valence-electron chi connectivity index (χ3n) is 6.99. The molecular weight excluding hydrogens is 479 g/mol. The van der Waals surface area contributed by atoms with Gasteiger partial charge in [-0.15, -0.1) is 0 Å². The molecule has 0 saturated carbocycles. The quantitative estimate of drug-likeness (QED) is 0.271. The van der Waals surface area contributed by atoms with Gasteiger partial charge in [-0.2, -0.15) is 0 Å². The van der Waals surface area contributed by atoms with Gasteiger partial charge in [-0.3, -0.25) is 10.1 Å². The van der Waals surface area contributed by atoms with Crippen LogP contribution in [0.5, 0.6) is 0 Å². The fourth-order valence-electron chi connectivity index (χ4n) is 5.03. The van der Waals surface area contributed by atoms with Crippen LogP contribution in [0.4, 0.5) is 10.1 Å². The van der Waals surface area contributed by atoms with E-state index in [1.807, 2.05) is 74.5 Å². The number of unbranched alkanes of at least 4 members (excludes halogenated alkanes) is 1. The minimum absolute atomic E-state index is 0.124. The molecule has 0 aliphatic carbocycles. The van der Waals surface area contributed by atoms with Crippen molar-refractivity contribution >= 4 is 11.6 Å². The van der Waals surface area contributed by atoms with Crippen LogP contribution in [0, 0.1) is 5.82 Å². The highest BCUT2D eigenvalue weighted by atomic mass is 19.1. The molecule has 1 saturated heterocycles. The number of ether oxygens (including phenoxy) is 2. The Labute approximate surface area is 225 Å². The largest absolute Gasteiger partial charge is 0.367 e. The van der Waals surface area contributed by atoms with Crippen molar-refractivity contribution in [2.75, 3.05) is 18.5 Å². The Balaban J connectivity index is 1.60. The molecule has 0 bridgehead atoms. The molecular formula is C32H39FN2O3. The first-order valence-corrected chi connectivity index (χ1v) is 13.6. The summed E-state index contributed by atoms with van der Waals surface area (Å²) >= 11 is 0. The minimum atomic E-state index is -0.784. The Morgan fingerprint density at radius 2 is 1.71 bits per heavy atom. The third kappa shape index (κ3) is 7.28. The summed E-state index contributed by atoms with van der Waals surface area (Å²) in [7, 11) is 0. The monoisotopic (exact) mass is 518 g/mol. The molecule has 1 unspecified atom stereocenters. The van der Waals surface area contributed by atoms with Crippen molar-refractivity contribution in [2.45, 2.75) is 70.2 Å². The Hall–Kier alpha value is -3.06. The molecule has 2 atom stereocenters. The van der Waals surface area contributed by atoms with Gasteiger partial charge in [-0.25, -0.2) is 4.39 Å². The average molecular weight is 519 g/mol. The van der Waals surface area contributed by atoms with Crippen LogP contribution in [-0.2, 0) is 20.7 Å². The van der Waals surface area contributed by atoms with E-state index < -0.39 is 6.10 Å². The average Bonchev–Trinajstić information content (AvgIpc) is 3.27. The lowest BCUT2D eigenvalue weighted by Crippen LogP contribution is -2.38. The second kappa shape index (κ2) is 13.1. The van der Waals surface area contributed by atoms with Crippen molar-refractivity contribution < 1.29 is 18.7 Å². The Morgan fingerprint density at radius 1 is 1.05 bits per heavy atom. The molecule has 6 heteroatoms. The molecule has 4 rings (SSSR count). The van der Waals surface area contributed by atoms with Crippen molar-refractivity contribution in [1.29, 1.82) is 0 Å². The van der Waals surface area contributed by atoms with Crippen LogP contribution in [0.2, 0.25) is 0 Å². The first kappa shape index (κ1) is 28.0. The van der Waals surface area contributed by atoms with E-state index in [1.54, 1.807) is 12.1 Å². The van der Waals surface area contributed by atoms with E-state index in [-0.39, 0.29) is 29.4 Å². The zero-order valence-corrected chi connectivity index (χ0v) is 22.6. The van der Waals surface area contributed by atoms with Crippen molar-refractivity contribution in [3.05, 3.63) is 101 Å². The van der Waals surface area contributed by atoms with Gasteiger partial charge < -0.3 is 14.8 Å². The van der Waals surface area contributed by atoms with Gasteiger partial charge in [-0.1, -0.05) is 80.1 Å². The van der Waals surface area contributed by atoms with Gasteiger partial charge in [0, 0.05) is 29.8 Å². The van der Waals surface area contributed by atoms with E-state index in [4.69, 9.17) is 9.47 Å². The Kier molecular flexibility index (Phi) is 9.67. The molecule has 3 aromatic carbocycles. The predicted octanol–water partition coefficient (Wildman–Crippen LogP) is 6.44. The molecule has 202 valence electrons. The van der Waals surface area contributed by atoms with Crippen molar-refractivity contribution in [3.63, 3.8) is 0 Å². The summed E-state index contributed by atoms with van der Waals surface area (Å²) in [6.45, 7) is 7.09. The van der Waals surface area contributed by atoms with E-state index in [0.717, 1.165) is 24.0 Å². The van der Waals surface area contributed by atoms with Gasteiger partial charge in [0.05, 0.1) is 6.61 Å². The number of hydrogen-bond acceptors (Lipinski definition) is 4. The number of rotatable bonds is 12. The van der Waals surface area contributed by atoms with Crippen molar-refractivity contribution in [3.8, 4) is 0 Å². The fraction of sp³-hybridized carbons (Fsp3) is 0.406. The number of halogens is 1. The summed E-state index contributed by atoms with van der Waals surface area (Å²) in [6, 6.07) is 24.9. The molecule has 1 heterocycles. The molecule has 1 fully saturated rings. The standard InChI is InChI=1S/C32H39FN2O3/c1-4-5-21-37-30(29(23-13-8-6-9-14-23)24-15-10-7-11-16-24)31(36)34-28-18-12-17-27(33)26(28)20-19-25-22-38-32(2,3)35-25/h6-18,25,29-30,35H,4-5,19-22H2,1-3H3,(H,34,36)/t25-,30?/m0/s1. The number of carbonyl (C=O) groups excluding carboxylic acids is 1. The molecule has 2 N–H and O–H groups in total. The van der Waals surface area contributed by atoms with Gasteiger partial charge in [0.15, 0.2) is 0 Å². The molecule has 38 heavy (non-hydrogen) atoms. The van der Waals surface area contributed by atoms with Crippen LogP contribution >= 0.6 is 0 Å². The Bertz CT molecular complexity index is 1130. The predicted molar refractivity (Wildman–Crippen MR) is 150 cm³/mol. The summed E-state index contributed by atoms with van der Waals surface area (Å²) in [5.41, 5.74) is 2.58. The molecule has 0 aromatic heterocycles. The van der Waals surface area contributed by atoms with E-state index in [1.165, 1.54) is 6.07 Å². The first-order chi connectivity index (χ1) is 18.4. The van der Waals surface area contributed by atoms with Gasteiger partial charge >= 0.3 is 0 Å². The minimum Gasteiger partial charge on any atom is -0.367 e. The van der Waals surface area contributed by atoms with Crippen molar-refractivity contribution in [1.82, 2.24) is 5.32 Å². The second-order valence-electron chi connectivity index (χ2n) is 10.4. The number of anilines is 1. The summed E-state index contributed by atoms with van der Waals surface area (Å²) in [5.74, 6) is -0.922. The highest BCUT2D eigenvalue weighted by molar-refractivity contribution is 5.96. The van der Waals surface area contributed by atoms with E-state index >= 15 is 4.39 Å². The van der Waals surface area contributed by atoms with Crippen LogP contribution in [0.3, 0.4) is 0 Å². The number of benzene rings is 3. The van der Waals surface area contributed by atoms with Crippen LogP contribution < -0.4 is 10.6 Å². The molecule has 1 aliphatic heterocycles. The van der Waals surface area contributed by atoms with Crippen molar-refractivity contribution in [2.24, 2.45) is 0 Å². The van der Waals surface area contributed by atoms with Gasteiger partial charge in [0.2, 0.25) is 0 Å². The normalized spacial score (nSPS) is 17.4. The number of amides is 1. The number of carbonyl (C=O) groups is 1. The summed E-state index contributed by atoms with van der Waals surface area (Å²) in [4.78, 5) is 13.9. The third-order valence-corrected chi connectivity index (χ3v) is 6.99. The highest BCUT2D eigenvalue weighted by Crippen LogP contribution is 2.32. The molecule has 1 aliphatic rings. The zero-order valence-electron chi connectivity index (χ0n) is 22.6. The van der Waals surface area contributed by atoms with Crippen LogP contribution in [0.15, 0.2) is 78.9 Å². The summed E-state index contributed by atoms with van der Waals surface area (Å²) < 4.78 is 27.1. The lowest BCUT2D eigenvalue weighted by molar-refractivity contribution is -0.128. The molecule has 1 amide bonds. The number of hydrogen-bond donors (Lipinski definition) is 2. The van der Waals surface area contributed by atoms with Gasteiger partial charge in [0.1, 0.15) is 17.6 Å². The van der Waals surface area contributed by atoms with Crippen LogP contribution in [0.25, 0.3) is 0 Å². The van der Waals surface area contributed by atoms with E-state index in [9.17, 15) is 4.79 Å². The van der Waals surface area contributed by atoms with Gasteiger partial charge in [0.25, 0.3) is 5.91 Å². The van der Waals surface area contributed by atoms with E-state index in [2.05, 4.69) is 17.6 Å². The topological polar surface area (TPSA) is 59.6 Å². The number of nitrogens with one attached hydrogen (secondary N) is 2. The maximum Gasteiger partial charge on any atom is 0.254 e. The lowest BCUT2D eigenvalue weighted by atomic mass is 9.86. The summed E-state index contributed by atoms with van der Waals surface area (Å²) in [5, 5.41) is 6.46. The molecule has 5 nitrogen and oxygen atoms in total. The molecule has 0 spiro atoms. The second-order valence-corrected chi connectivity index (χ2v) is 10.4. The molecule has 3 aromatic rings. The van der Waals surface area contributed by atoms with E-state index in [0.29, 0.717) is 37.3 Å². The smallest absolute Gasteiger partial charge is 0.254 e. The maximum atomic E-state index is 15.0. The SMILES string of the molecule is CCCCOC(C(=O)Nc1cccc(F)c1CC[C@H]1COC(C)(C)N1)C(c1ccccc1)c1ccccc1. The first-order valence-electron chi connectivity index (χ1n) is 13.6. The fourth-order valence-corrected chi connectivity index (χ4v) is 5.03. The van der Waals surface area contributed by atoms with Gasteiger partial charge in [-0.05, 0) is 56.4 Å². The molecule has 0 radical (unpaired) electrons. The van der Waals surface area contributed by atoms with Crippen LogP contribution in [0.1, 0.15) is 62.6 Å². The zero-order chi connectivity index (χ0) is 27.0. The van der Waals surface area contributed by atoms with Crippen LogP contribution in [-0.4, -0.2) is 37.0 Å². The highest BCUT2D eigenvalue weighted by Gasteiger charge is 2.33. The lowest BCUT2D eigenvalue weighted by Gasteiger charge is -2.28.